The van der Waals surface area contributed by atoms with Crippen LogP contribution in [0.2, 0.25) is 0 Å². The highest BCUT2D eigenvalue weighted by molar-refractivity contribution is 5.69. The summed E-state index contributed by atoms with van der Waals surface area (Å²) in [6.07, 6.45) is 26.7. The van der Waals surface area contributed by atoms with Crippen molar-refractivity contribution in [3.05, 3.63) is 12.2 Å². The van der Waals surface area contributed by atoms with E-state index >= 15 is 0 Å². The van der Waals surface area contributed by atoms with Crippen molar-refractivity contribution < 1.29 is 9.53 Å². The number of allylic oxidation sites excluding steroid dienone is 2. The van der Waals surface area contributed by atoms with Crippen LogP contribution in [0.5, 0.6) is 0 Å². The van der Waals surface area contributed by atoms with E-state index in [1.807, 2.05) is 0 Å². The first-order valence-corrected chi connectivity index (χ1v) is 11.6. The zero-order valence-electron chi connectivity index (χ0n) is 17.9. The zero-order chi connectivity index (χ0) is 19.1. The lowest BCUT2D eigenvalue weighted by Crippen LogP contribution is -2.05. The molecular weight excluding hydrogens is 320 g/mol. The topological polar surface area (TPSA) is 26.3 Å². The average molecular weight is 367 g/mol. The van der Waals surface area contributed by atoms with Crippen molar-refractivity contribution in [2.75, 3.05) is 6.61 Å². The number of ether oxygens (including phenoxy) is 1. The quantitative estimate of drug-likeness (QED) is 0.123. The SMILES string of the molecule is CCCCCC/C=C/CCCCCCCCCC(=O)OCCCCCC. The number of unbranched alkanes of at least 4 members (excludes halogenated alkanes) is 14. The van der Waals surface area contributed by atoms with Gasteiger partial charge in [0, 0.05) is 6.42 Å². The van der Waals surface area contributed by atoms with E-state index in [9.17, 15) is 4.79 Å². The Balaban J connectivity index is 3.16. The van der Waals surface area contributed by atoms with Gasteiger partial charge in [-0.15, -0.1) is 0 Å². The minimum atomic E-state index is 0.00276. The maximum absolute atomic E-state index is 11.6. The van der Waals surface area contributed by atoms with Gasteiger partial charge < -0.3 is 4.74 Å². The van der Waals surface area contributed by atoms with Gasteiger partial charge in [-0.3, -0.25) is 4.79 Å². The monoisotopic (exact) mass is 366 g/mol. The van der Waals surface area contributed by atoms with Crippen molar-refractivity contribution in [3.8, 4) is 0 Å². The molecule has 0 radical (unpaired) electrons. The first-order chi connectivity index (χ1) is 12.8. The summed E-state index contributed by atoms with van der Waals surface area (Å²) in [6, 6.07) is 0. The van der Waals surface area contributed by atoms with Crippen LogP contribution in [-0.4, -0.2) is 12.6 Å². The van der Waals surface area contributed by atoms with E-state index in [1.165, 1.54) is 96.3 Å². The number of hydrogen-bond acceptors (Lipinski definition) is 2. The minimum absolute atomic E-state index is 0.00276. The van der Waals surface area contributed by atoms with Crippen molar-refractivity contribution in [1.29, 1.82) is 0 Å². The Bertz CT molecular complexity index is 309. The summed E-state index contributed by atoms with van der Waals surface area (Å²) < 4.78 is 5.26. The second-order valence-electron chi connectivity index (χ2n) is 7.62. The maximum atomic E-state index is 11.6. The molecule has 2 nitrogen and oxygen atoms in total. The molecule has 26 heavy (non-hydrogen) atoms. The van der Waals surface area contributed by atoms with Gasteiger partial charge in [-0.25, -0.2) is 0 Å². The summed E-state index contributed by atoms with van der Waals surface area (Å²) in [5.74, 6) is 0.00276. The van der Waals surface area contributed by atoms with E-state index in [0.29, 0.717) is 13.0 Å². The Hall–Kier alpha value is -0.790. The Labute approximate surface area is 164 Å². The Morgan fingerprint density at radius 3 is 1.65 bits per heavy atom. The lowest BCUT2D eigenvalue weighted by Gasteiger charge is -2.04. The van der Waals surface area contributed by atoms with Crippen molar-refractivity contribution in [1.82, 2.24) is 0 Å². The molecule has 0 aliphatic heterocycles. The molecule has 0 amide bonds. The first kappa shape index (κ1) is 25.2. The number of hydrogen-bond donors (Lipinski definition) is 0. The van der Waals surface area contributed by atoms with E-state index in [0.717, 1.165) is 12.8 Å². The molecule has 0 aromatic rings. The summed E-state index contributed by atoms with van der Waals surface area (Å²) in [7, 11) is 0. The van der Waals surface area contributed by atoms with Crippen LogP contribution in [0.3, 0.4) is 0 Å². The summed E-state index contributed by atoms with van der Waals surface area (Å²) in [6.45, 7) is 5.08. The third kappa shape index (κ3) is 21.3. The predicted octanol–water partition coefficient (Wildman–Crippen LogP) is 8.15. The standard InChI is InChI=1S/C24H46O2/c1-3-5-7-9-10-11-12-13-14-15-16-17-18-19-20-22-24(25)26-23-21-8-6-4-2/h11-12H,3-10,13-23H2,1-2H3/b12-11+. The Morgan fingerprint density at radius 1 is 0.615 bits per heavy atom. The third-order valence-corrected chi connectivity index (χ3v) is 4.90. The lowest BCUT2D eigenvalue weighted by molar-refractivity contribution is -0.143. The van der Waals surface area contributed by atoms with E-state index in [-0.39, 0.29) is 5.97 Å². The molecule has 0 aliphatic rings. The molecule has 0 atom stereocenters. The highest BCUT2D eigenvalue weighted by Crippen LogP contribution is 2.11. The maximum Gasteiger partial charge on any atom is 0.305 e. The van der Waals surface area contributed by atoms with Gasteiger partial charge in [-0.1, -0.05) is 96.6 Å². The van der Waals surface area contributed by atoms with E-state index < -0.39 is 0 Å². The zero-order valence-corrected chi connectivity index (χ0v) is 17.9. The highest BCUT2D eigenvalue weighted by Gasteiger charge is 2.02. The summed E-state index contributed by atoms with van der Waals surface area (Å²) in [5.41, 5.74) is 0. The van der Waals surface area contributed by atoms with Gasteiger partial charge in [-0.2, -0.15) is 0 Å². The number of carbonyl (C=O) groups is 1. The molecule has 0 saturated heterocycles. The molecule has 0 aromatic heterocycles. The molecule has 0 fully saturated rings. The van der Waals surface area contributed by atoms with Crippen LogP contribution in [0.1, 0.15) is 129 Å². The average Bonchev–Trinajstić information content (AvgIpc) is 2.64. The normalized spacial score (nSPS) is 11.3. The fraction of sp³-hybridized carbons (Fsp3) is 0.875. The molecule has 0 rings (SSSR count). The van der Waals surface area contributed by atoms with Crippen molar-refractivity contribution in [2.45, 2.75) is 129 Å². The highest BCUT2D eigenvalue weighted by atomic mass is 16.5. The fourth-order valence-electron chi connectivity index (χ4n) is 3.13. The van der Waals surface area contributed by atoms with Gasteiger partial charge in [0.1, 0.15) is 0 Å². The molecule has 2 heteroatoms. The van der Waals surface area contributed by atoms with Crippen LogP contribution >= 0.6 is 0 Å². The van der Waals surface area contributed by atoms with Crippen LogP contribution in [0.25, 0.3) is 0 Å². The van der Waals surface area contributed by atoms with Crippen LogP contribution in [0, 0.1) is 0 Å². The van der Waals surface area contributed by atoms with Gasteiger partial charge in [0.25, 0.3) is 0 Å². The molecule has 0 bridgehead atoms. The van der Waals surface area contributed by atoms with Gasteiger partial charge in [0.05, 0.1) is 6.61 Å². The second kappa shape index (κ2) is 22.3. The van der Waals surface area contributed by atoms with Crippen molar-refractivity contribution in [3.63, 3.8) is 0 Å². The molecule has 0 aliphatic carbocycles. The molecule has 0 unspecified atom stereocenters. The molecule has 0 heterocycles. The van der Waals surface area contributed by atoms with Crippen LogP contribution in [0.4, 0.5) is 0 Å². The Kier molecular flexibility index (Phi) is 21.6. The van der Waals surface area contributed by atoms with Gasteiger partial charge in [0.2, 0.25) is 0 Å². The fourth-order valence-corrected chi connectivity index (χ4v) is 3.13. The van der Waals surface area contributed by atoms with Crippen LogP contribution < -0.4 is 0 Å². The third-order valence-electron chi connectivity index (χ3n) is 4.90. The predicted molar refractivity (Wildman–Crippen MR) is 115 cm³/mol. The molecular formula is C24H46O2. The van der Waals surface area contributed by atoms with E-state index in [1.54, 1.807) is 0 Å². The molecule has 0 N–H and O–H groups in total. The molecule has 154 valence electrons. The second-order valence-corrected chi connectivity index (χ2v) is 7.62. The van der Waals surface area contributed by atoms with Crippen LogP contribution in [0.15, 0.2) is 12.2 Å². The van der Waals surface area contributed by atoms with Gasteiger partial charge >= 0.3 is 5.97 Å². The van der Waals surface area contributed by atoms with E-state index in [4.69, 9.17) is 4.74 Å². The van der Waals surface area contributed by atoms with Gasteiger partial charge in [0.15, 0.2) is 0 Å². The molecule has 0 spiro atoms. The largest absolute Gasteiger partial charge is 0.466 e. The number of esters is 1. The summed E-state index contributed by atoms with van der Waals surface area (Å²) >= 11 is 0. The van der Waals surface area contributed by atoms with Crippen molar-refractivity contribution in [2.24, 2.45) is 0 Å². The molecule has 0 saturated carbocycles. The van der Waals surface area contributed by atoms with Gasteiger partial charge in [-0.05, 0) is 38.5 Å². The smallest absolute Gasteiger partial charge is 0.305 e. The Morgan fingerprint density at radius 2 is 1.08 bits per heavy atom. The number of rotatable bonds is 20. The molecule has 0 aromatic carbocycles. The van der Waals surface area contributed by atoms with Crippen LogP contribution in [-0.2, 0) is 9.53 Å². The van der Waals surface area contributed by atoms with Crippen molar-refractivity contribution >= 4 is 5.97 Å². The first-order valence-electron chi connectivity index (χ1n) is 11.6. The summed E-state index contributed by atoms with van der Waals surface area (Å²) in [5, 5.41) is 0. The minimum Gasteiger partial charge on any atom is -0.466 e. The lowest BCUT2D eigenvalue weighted by atomic mass is 10.1. The van der Waals surface area contributed by atoms with E-state index in [2.05, 4.69) is 26.0 Å². The summed E-state index contributed by atoms with van der Waals surface area (Å²) in [4.78, 5) is 11.6. The number of carbonyl (C=O) groups excluding carboxylic acids is 1.